The number of thioether (sulfide) groups is 1. The van der Waals surface area contributed by atoms with E-state index in [1.165, 1.54) is 17.8 Å². The first-order valence-corrected chi connectivity index (χ1v) is 6.03. The second-order valence-corrected chi connectivity index (χ2v) is 4.44. The Morgan fingerprint density at radius 3 is 2.94 bits per heavy atom. The van der Waals surface area contributed by atoms with E-state index in [9.17, 15) is 10.1 Å². The van der Waals surface area contributed by atoms with Crippen LogP contribution in [-0.4, -0.2) is 9.91 Å². The van der Waals surface area contributed by atoms with Crippen LogP contribution in [0.1, 0.15) is 11.3 Å². The molecule has 0 unspecified atom stereocenters. The molecule has 92 valence electrons. The number of aryl methyl sites for hydroxylation is 1. The highest BCUT2D eigenvalue weighted by Gasteiger charge is 2.09. The van der Waals surface area contributed by atoms with E-state index in [0.29, 0.717) is 5.76 Å². The lowest BCUT2D eigenvalue weighted by atomic mass is 10.3. The minimum atomic E-state index is -0.558. The molecular formula is C12H10N2O3S. The summed E-state index contributed by atoms with van der Waals surface area (Å²) >= 11 is 1.51. The van der Waals surface area contributed by atoms with Crippen molar-refractivity contribution in [3.05, 3.63) is 57.4 Å². The summed E-state index contributed by atoms with van der Waals surface area (Å²) in [4.78, 5) is 15.0. The Bertz CT molecular complexity index is 593. The number of rotatable bonds is 4. The highest BCUT2D eigenvalue weighted by Crippen LogP contribution is 2.24. The van der Waals surface area contributed by atoms with E-state index < -0.39 is 4.92 Å². The molecule has 6 heteroatoms. The third-order valence-electron chi connectivity index (χ3n) is 2.19. The average molecular weight is 262 g/mol. The molecule has 2 aromatic heterocycles. The van der Waals surface area contributed by atoms with Crippen LogP contribution >= 0.6 is 11.8 Å². The van der Waals surface area contributed by atoms with E-state index in [1.807, 2.05) is 18.4 Å². The van der Waals surface area contributed by atoms with Crippen molar-refractivity contribution in [2.45, 2.75) is 11.8 Å². The van der Waals surface area contributed by atoms with E-state index in [-0.39, 0.29) is 5.88 Å². The van der Waals surface area contributed by atoms with Crippen molar-refractivity contribution in [2.24, 2.45) is 0 Å². The molecule has 2 heterocycles. The Labute approximate surface area is 108 Å². The number of nitro groups is 1. The van der Waals surface area contributed by atoms with Gasteiger partial charge < -0.3 is 4.42 Å². The molecule has 0 aliphatic heterocycles. The molecule has 0 amide bonds. The fraction of sp³-hybridized carbons (Fsp3) is 0.0833. The molecule has 0 N–H and O–H groups in total. The number of hydrogen-bond donors (Lipinski definition) is 0. The third kappa shape index (κ3) is 2.98. The standard InChI is InChI=1S/C12H10N2O3S/c1-9-8-13-6-4-11(9)18-7-5-10-2-3-12(17-10)14(15)16/h2-8H,1H3/b7-5+. The Morgan fingerprint density at radius 1 is 1.44 bits per heavy atom. The monoisotopic (exact) mass is 262 g/mol. The second kappa shape index (κ2) is 5.50. The van der Waals surface area contributed by atoms with Gasteiger partial charge in [-0.1, -0.05) is 11.8 Å². The van der Waals surface area contributed by atoms with Crippen molar-refractivity contribution in [1.82, 2.24) is 4.98 Å². The van der Waals surface area contributed by atoms with Crippen molar-refractivity contribution in [2.75, 3.05) is 0 Å². The quantitative estimate of drug-likeness (QED) is 0.478. The Kier molecular flexibility index (Phi) is 3.78. The molecule has 0 aliphatic carbocycles. The van der Waals surface area contributed by atoms with Crippen LogP contribution in [0.25, 0.3) is 6.08 Å². The van der Waals surface area contributed by atoms with Gasteiger partial charge in [0.15, 0.2) is 0 Å². The molecule has 0 saturated heterocycles. The van der Waals surface area contributed by atoms with Crippen molar-refractivity contribution < 1.29 is 9.34 Å². The third-order valence-corrected chi connectivity index (χ3v) is 3.17. The lowest BCUT2D eigenvalue weighted by Gasteiger charge is -1.98. The molecule has 0 aliphatic rings. The summed E-state index contributed by atoms with van der Waals surface area (Å²) in [6.07, 6.45) is 5.20. The summed E-state index contributed by atoms with van der Waals surface area (Å²) in [6, 6.07) is 4.81. The zero-order chi connectivity index (χ0) is 13.0. The van der Waals surface area contributed by atoms with Gasteiger partial charge in [0, 0.05) is 17.3 Å². The summed E-state index contributed by atoms with van der Waals surface area (Å²) < 4.78 is 5.00. The lowest BCUT2D eigenvalue weighted by Crippen LogP contribution is -1.82. The summed E-state index contributed by atoms with van der Waals surface area (Å²) in [5.41, 5.74) is 1.08. The van der Waals surface area contributed by atoms with Crippen LogP contribution in [0.15, 0.2) is 45.3 Å². The molecule has 0 fully saturated rings. The fourth-order valence-electron chi connectivity index (χ4n) is 1.30. The number of nitrogens with zero attached hydrogens (tertiary/aromatic N) is 2. The van der Waals surface area contributed by atoms with Gasteiger partial charge in [-0.25, -0.2) is 0 Å². The Hall–Kier alpha value is -2.08. The van der Waals surface area contributed by atoms with Gasteiger partial charge >= 0.3 is 5.88 Å². The smallest absolute Gasteiger partial charge is 0.401 e. The summed E-state index contributed by atoms with van der Waals surface area (Å²) in [5.74, 6) is 0.209. The van der Waals surface area contributed by atoms with Gasteiger partial charge in [0.2, 0.25) is 0 Å². The summed E-state index contributed by atoms with van der Waals surface area (Å²) in [5, 5.41) is 12.3. The lowest BCUT2D eigenvalue weighted by molar-refractivity contribution is -0.402. The van der Waals surface area contributed by atoms with Gasteiger partial charge in [-0.05, 0) is 36.1 Å². The summed E-state index contributed by atoms with van der Waals surface area (Å²) in [6.45, 7) is 1.97. The van der Waals surface area contributed by atoms with Crippen molar-refractivity contribution in [3.63, 3.8) is 0 Å². The van der Waals surface area contributed by atoms with Crippen molar-refractivity contribution >= 4 is 23.7 Å². The molecule has 2 rings (SSSR count). The van der Waals surface area contributed by atoms with Crippen LogP contribution in [0.4, 0.5) is 5.88 Å². The van der Waals surface area contributed by atoms with E-state index >= 15 is 0 Å². The van der Waals surface area contributed by atoms with Gasteiger partial charge in [0.25, 0.3) is 0 Å². The van der Waals surface area contributed by atoms with Crippen LogP contribution in [0.5, 0.6) is 0 Å². The Morgan fingerprint density at radius 2 is 2.28 bits per heavy atom. The van der Waals surface area contributed by atoms with Crippen molar-refractivity contribution in [3.8, 4) is 0 Å². The molecule has 0 aromatic carbocycles. The van der Waals surface area contributed by atoms with Crippen LogP contribution in [0.2, 0.25) is 0 Å². The predicted molar refractivity (Wildman–Crippen MR) is 69.2 cm³/mol. The van der Waals surface area contributed by atoms with Crippen LogP contribution in [-0.2, 0) is 0 Å². The maximum atomic E-state index is 10.4. The molecule has 0 saturated carbocycles. The van der Waals surface area contributed by atoms with E-state index in [4.69, 9.17) is 4.42 Å². The zero-order valence-corrected chi connectivity index (χ0v) is 10.4. The maximum absolute atomic E-state index is 10.4. The minimum absolute atomic E-state index is 0.250. The number of hydrogen-bond acceptors (Lipinski definition) is 5. The second-order valence-electron chi connectivity index (χ2n) is 3.49. The van der Waals surface area contributed by atoms with E-state index in [0.717, 1.165) is 10.5 Å². The minimum Gasteiger partial charge on any atom is -0.401 e. The number of furan rings is 1. The Balaban J connectivity index is 2.03. The molecule has 0 atom stereocenters. The number of aromatic nitrogens is 1. The first-order valence-electron chi connectivity index (χ1n) is 5.15. The van der Waals surface area contributed by atoms with Crippen LogP contribution in [0.3, 0.4) is 0 Å². The highest BCUT2D eigenvalue weighted by molar-refractivity contribution is 8.02. The summed E-state index contributed by atoms with van der Waals surface area (Å²) in [7, 11) is 0. The van der Waals surface area contributed by atoms with Crippen LogP contribution in [0, 0.1) is 17.0 Å². The molecule has 0 spiro atoms. The largest absolute Gasteiger partial charge is 0.433 e. The first kappa shape index (κ1) is 12.4. The fourth-order valence-corrected chi connectivity index (χ4v) is 2.02. The van der Waals surface area contributed by atoms with Gasteiger partial charge in [-0.2, -0.15) is 0 Å². The molecule has 0 bridgehead atoms. The van der Waals surface area contributed by atoms with E-state index in [1.54, 1.807) is 24.5 Å². The average Bonchev–Trinajstić information content (AvgIpc) is 2.80. The molecule has 5 nitrogen and oxygen atoms in total. The van der Waals surface area contributed by atoms with E-state index in [2.05, 4.69) is 4.98 Å². The zero-order valence-electron chi connectivity index (χ0n) is 9.57. The first-order chi connectivity index (χ1) is 8.66. The normalized spacial score (nSPS) is 10.9. The molecule has 2 aromatic rings. The molecule has 0 radical (unpaired) electrons. The number of pyridine rings is 1. The van der Waals surface area contributed by atoms with Gasteiger partial charge in [-0.15, -0.1) is 0 Å². The van der Waals surface area contributed by atoms with Gasteiger partial charge in [0.05, 0.1) is 6.07 Å². The van der Waals surface area contributed by atoms with Crippen molar-refractivity contribution in [1.29, 1.82) is 0 Å². The SMILES string of the molecule is Cc1cnccc1S/C=C/c1ccc([N+](=O)[O-])o1. The topological polar surface area (TPSA) is 69.2 Å². The molecule has 18 heavy (non-hydrogen) atoms. The van der Waals surface area contributed by atoms with Crippen LogP contribution < -0.4 is 0 Å². The van der Waals surface area contributed by atoms with Gasteiger partial charge in [-0.3, -0.25) is 15.1 Å². The highest BCUT2D eigenvalue weighted by atomic mass is 32.2. The maximum Gasteiger partial charge on any atom is 0.433 e. The van der Waals surface area contributed by atoms with Gasteiger partial charge in [0.1, 0.15) is 10.7 Å². The molecular weight excluding hydrogens is 252 g/mol. The predicted octanol–water partition coefficient (Wildman–Crippen LogP) is 3.65.